The van der Waals surface area contributed by atoms with Crippen molar-refractivity contribution >= 4 is 22.5 Å². The average Bonchev–Trinajstić information content (AvgIpc) is 3.16. The SMILES string of the molecule is NC(=O)c1ccc(F)c(-c2ccc3nnc(Cc4ccc5ncccc5c4)n3n2)c1. The monoisotopic (exact) mass is 398 g/mol. The van der Waals surface area contributed by atoms with E-state index in [0.29, 0.717) is 23.6 Å². The summed E-state index contributed by atoms with van der Waals surface area (Å²) in [7, 11) is 0. The van der Waals surface area contributed by atoms with Gasteiger partial charge in [0.25, 0.3) is 0 Å². The van der Waals surface area contributed by atoms with Crippen molar-refractivity contribution in [3.63, 3.8) is 0 Å². The maximum Gasteiger partial charge on any atom is 0.248 e. The summed E-state index contributed by atoms with van der Waals surface area (Å²) in [6.07, 6.45) is 2.25. The molecular weight excluding hydrogens is 383 g/mol. The summed E-state index contributed by atoms with van der Waals surface area (Å²) in [5.74, 6) is -0.516. The molecule has 0 spiro atoms. The minimum Gasteiger partial charge on any atom is -0.366 e. The molecule has 5 aromatic rings. The van der Waals surface area contributed by atoms with E-state index >= 15 is 0 Å². The van der Waals surface area contributed by atoms with Crippen LogP contribution in [-0.2, 0) is 6.42 Å². The number of carbonyl (C=O) groups is 1. The molecular formula is C22H15FN6O. The van der Waals surface area contributed by atoms with E-state index in [4.69, 9.17) is 5.73 Å². The van der Waals surface area contributed by atoms with Crippen LogP contribution in [0.5, 0.6) is 0 Å². The minimum atomic E-state index is -0.631. The van der Waals surface area contributed by atoms with Crippen molar-refractivity contribution in [1.29, 1.82) is 0 Å². The molecule has 5 rings (SSSR count). The highest BCUT2D eigenvalue weighted by Crippen LogP contribution is 2.23. The molecule has 0 radical (unpaired) electrons. The Kier molecular flexibility index (Phi) is 4.17. The number of fused-ring (bicyclic) bond motifs is 2. The first-order chi connectivity index (χ1) is 14.6. The molecule has 0 saturated carbocycles. The van der Waals surface area contributed by atoms with Crippen LogP contribution in [0.25, 0.3) is 27.8 Å². The zero-order valence-electron chi connectivity index (χ0n) is 15.7. The van der Waals surface area contributed by atoms with Crippen molar-refractivity contribution in [3.05, 3.63) is 89.6 Å². The largest absolute Gasteiger partial charge is 0.366 e. The summed E-state index contributed by atoms with van der Waals surface area (Å²) >= 11 is 0. The van der Waals surface area contributed by atoms with Gasteiger partial charge in [0.05, 0.1) is 11.2 Å². The normalized spacial score (nSPS) is 11.2. The lowest BCUT2D eigenvalue weighted by Crippen LogP contribution is -2.11. The molecule has 0 aliphatic heterocycles. The second-order valence-electron chi connectivity index (χ2n) is 6.87. The molecule has 0 fully saturated rings. The molecule has 0 aliphatic rings. The van der Waals surface area contributed by atoms with Gasteiger partial charge in [-0.25, -0.2) is 4.39 Å². The topological polar surface area (TPSA) is 99.1 Å². The number of carbonyl (C=O) groups excluding carboxylic acids is 1. The van der Waals surface area contributed by atoms with E-state index in [-0.39, 0.29) is 11.1 Å². The van der Waals surface area contributed by atoms with E-state index in [2.05, 4.69) is 20.3 Å². The Morgan fingerprint density at radius 2 is 1.93 bits per heavy atom. The predicted molar refractivity (Wildman–Crippen MR) is 109 cm³/mol. The average molecular weight is 398 g/mol. The standard InChI is InChI=1S/C22H15FN6O/c23-17-5-4-15(22(24)30)12-16(17)19-7-8-20-26-27-21(29(20)28-19)11-13-3-6-18-14(10-13)2-1-9-25-18/h1-10,12H,11H2,(H2,24,30). The molecule has 2 N–H and O–H groups in total. The van der Waals surface area contributed by atoms with E-state index in [1.165, 1.54) is 18.2 Å². The molecule has 0 unspecified atom stereocenters. The first kappa shape index (κ1) is 17.9. The molecule has 0 aliphatic carbocycles. The number of rotatable bonds is 4. The fourth-order valence-corrected chi connectivity index (χ4v) is 3.38. The van der Waals surface area contributed by atoms with Crippen LogP contribution in [0.3, 0.4) is 0 Å². The minimum absolute atomic E-state index is 0.185. The molecule has 3 heterocycles. The Morgan fingerprint density at radius 3 is 2.80 bits per heavy atom. The summed E-state index contributed by atoms with van der Waals surface area (Å²) in [5, 5.41) is 13.9. The van der Waals surface area contributed by atoms with Crippen molar-refractivity contribution < 1.29 is 9.18 Å². The van der Waals surface area contributed by atoms with Gasteiger partial charge in [0.2, 0.25) is 5.91 Å². The number of primary amides is 1. The Morgan fingerprint density at radius 1 is 1.03 bits per heavy atom. The zero-order chi connectivity index (χ0) is 20.7. The maximum absolute atomic E-state index is 14.4. The van der Waals surface area contributed by atoms with Gasteiger partial charge in [-0.2, -0.15) is 9.61 Å². The number of hydrogen-bond donors (Lipinski definition) is 1. The number of nitrogens with two attached hydrogens (primary N) is 1. The zero-order valence-corrected chi connectivity index (χ0v) is 15.7. The Hall–Kier alpha value is -4.20. The Balaban J connectivity index is 1.56. The van der Waals surface area contributed by atoms with Crippen molar-refractivity contribution in [2.75, 3.05) is 0 Å². The summed E-state index contributed by atoms with van der Waals surface area (Å²) in [4.78, 5) is 15.8. The van der Waals surface area contributed by atoms with Crippen LogP contribution in [0.1, 0.15) is 21.7 Å². The van der Waals surface area contributed by atoms with Crippen LogP contribution < -0.4 is 5.73 Å². The van der Waals surface area contributed by atoms with Crippen molar-refractivity contribution in [2.45, 2.75) is 6.42 Å². The van der Waals surface area contributed by atoms with Crippen molar-refractivity contribution in [3.8, 4) is 11.3 Å². The van der Waals surface area contributed by atoms with Gasteiger partial charge in [0.15, 0.2) is 11.5 Å². The van der Waals surface area contributed by atoms with Crippen LogP contribution in [0.2, 0.25) is 0 Å². The molecule has 7 nitrogen and oxygen atoms in total. The summed E-state index contributed by atoms with van der Waals surface area (Å²) in [6.45, 7) is 0. The van der Waals surface area contributed by atoms with E-state index < -0.39 is 11.7 Å². The third-order valence-corrected chi connectivity index (χ3v) is 4.88. The van der Waals surface area contributed by atoms with E-state index in [0.717, 1.165) is 16.5 Å². The number of nitrogens with zero attached hydrogens (tertiary/aromatic N) is 5. The van der Waals surface area contributed by atoms with Crippen molar-refractivity contribution in [1.82, 2.24) is 24.8 Å². The lowest BCUT2D eigenvalue weighted by atomic mass is 10.1. The molecule has 8 heteroatoms. The fourth-order valence-electron chi connectivity index (χ4n) is 3.38. The summed E-state index contributed by atoms with van der Waals surface area (Å²) in [6, 6.07) is 17.2. The van der Waals surface area contributed by atoms with Gasteiger partial charge in [-0.05, 0) is 54.1 Å². The number of aromatic nitrogens is 5. The Bertz CT molecular complexity index is 1430. The molecule has 3 aromatic heterocycles. The highest BCUT2D eigenvalue weighted by molar-refractivity contribution is 5.94. The van der Waals surface area contributed by atoms with E-state index in [9.17, 15) is 9.18 Å². The molecule has 0 atom stereocenters. The lowest BCUT2D eigenvalue weighted by molar-refractivity contribution is 0.100. The Labute approximate surface area is 170 Å². The first-order valence-electron chi connectivity index (χ1n) is 9.23. The van der Waals surface area contributed by atoms with E-state index in [1.807, 2.05) is 30.3 Å². The molecule has 2 aromatic carbocycles. The summed E-state index contributed by atoms with van der Waals surface area (Å²) < 4.78 is 16.0. The highest BCUT2D eigenvalue weighted by atomic mass is 19.1. The van der Waals surface area contributed by atoms with E-state index in [1.54, 1.807) is 22.8 Å². The van der Waals surface area contributed by atoms with Crippen molar-refractivity contribution in [2.24, 2.45) is 5.73 Å². The smallest absolute Gasteiger partial charge is 0.248 e. The maximum atomic E-state index is 14.4. The second-order valence-corrected chi connectivity index (χ2v) is 6.87. The predicted octanol–water partition coefficient (Wildman–Crippen LogP) is 3.17. The quantitative estimate of drug-likeness (QED) is 0.501. The van der Waals surface area contributed by atoms with Gasteiger partial charge in [0.1, 0.15) is 5.82 Å². The van der Waals surface area contributed by atoms with Crippen LogP contribution in [0.4, 0.5) is 4.39 Å². The molecule has 30 heavy (non-hydrogen) atoms. The first-order valence-corrected chi connectivity index (χ1v) is 9.23. The van der Waals surface area contributed by atoms with Gasteiger partial charge >= 0.3 is 0 Å². The molecule has 0 saturated heterocycles. The third-order valence-electron chi connectivity index (χ3n) is 4.88. The number of halogens is 1. The van der Waals surface area contributed by atoms with Gasteiger partial charge < -0.3 is 5.73 Å². The molecule has 146 valence electrons. The summed E-state index contributed by atoms with van der Waals surface area (Å²) in [5.41, 5.74) is 8.56. The van der Waals surface area contributed by atoms with Gasteiger partial charge in [-0.3, -0.25) is 9.78 Å². The molecule has 1 amide bonds. The van der Waals surface area contributed by atoms with Crippen LogP contribution in [0, 0.1) is 5.82 Å². The van der Waals surface area contributed by atoms with Gasteiger partial charge in [-0.1, -0.05) is 12.1 Å². The second kappa shape index (κ2) is 7.00. The molecule has 0 bridgehead atoms. The van der Waals surface area contributed by atoms with Crippen LogP contribution in [-0.4, -0.2) is 30.7 Å². The number of amides is 1. The van der Waals surface area contributed by atoms with Gasteiger partial charge in [-0.15, -0.1) is 10.2 Å². The number of pyridine rings is 1. The van der Waals surface area contributed by atoms with Crippen LogP contribution in [0.15, 0.2) is 66.9 Å². The fraction of sp³-hybridized carbons (Fsp3) is 0.0455. The lowest BCUT2D eigenvalue weighted by Gasteiger charge is -2.06. The number of hydrogen-bond acceptors (Lipinski definition) is 5. The third kappa shape index (κ3) is 3.14. The number of benzene rings is 2. The van der Waals surface area contributed by atoms with Crippen LogP contribution >= 0.6 is 0 Å². The highest BCUT2D eigenvalue weighted by Gasteiger charge is 2.14. The van der Waals surface area contributed by atoms with Gasteiger partial charge in [0, 0.05) is 29.1 Å².